The van der Waals surface area contributed by atoms with Crippen LogP contribution in [-0.4, -0.2) is 35.6 Å². The molecule has 0 bridgehead atoms. The van der Waals surface area contributed by atoms with Crippen molar-refractivity contribution in [1.29, 1.82) is 0 Å². The van der Waals surface area contributed by atoms with Crippen LogP contribution in [0.4, 0.5) is 0 Å². The third-order valence-corrected chi connectivity index (χ3v) is 3.29. The van der Waals surface area contributed by atoms with Crippen molar-refractivity contribution in [2.24, 2.45) is 0 Å². The lowest BCUT2D eigenvalue weighted by atomic mass is 10.1. The van der Waals surface area contributed by atoms with Crippen LogP contribution in [0.2, 0.25) is 10.0 Å². The fourth-order valence-electron chi connectivity index (χ4n) is 1.69. The fourth-order valence-corrected chi connectivity index (χ4v) is 2.01. The summed E-state index contributed by atoms with van der Waals surface area (Å²) in [5.74, 6) is -0.00992. The van der Waals surface area contributed by atoms with Crippen LogP contribution >= 0.6 is 23.2 Å². The number of carbonyl (C=O) groups excluding carboxylic acids is 1. The van der Waals surface area contributed by atoms with E-state index in [0.717, 1.165) is 12.0 Å². The highest BCUT2D eigenvalue weighted by molar-refractivity contribution is 6.42. The first-order chi connectivity index (χ1) is 8.58. The summed E-state index contributed by atoms with van der Waals surface area (Å²) in [7, 11) is 0. The number of aliphatic hydroxyl groups excluding tert-OH is 1. The van der Waals surface area contributed by atoms with Crippen LogP contribution in [0.25, 0.3) is 0 Å². The average molecular weight is 290 g/mol. The second-order valence-electron chi connectivity index (χ2n) is 4.03. The molecule has 1 aromatic rings. The van der Waals surface area contributed by atoms with Crippen molar-refractivity contribution in [3.05, 3.63) is 33.8 Å². The van der Waals surface area contributed by atoms with Crippen molar-refractivity contribution >= 4 is 29.1 Å². The van der Waals surface area contributed by atoms with E-state index in [0.29, 0.717) is 23.1 Å². The number of carbonyl (C=O) groups is 1. The van der Waals surface area contributed by atoms with Gasteiger partial charge in [0.15, 0.2) is 0 Å². The van der Waals surface area contributed by atoms with Crippen LogP contribution in [0.1, 0.15) is 18.9 Å². The van der Waals surface area contributed by atoms with Gasteiger partial charge in [-0.1, -0.05) is 36.2 Å². The van der Waals surface area contributed by atoms with Crippen LogP contribution in [0.15, 0.2) is 18.2 Å². The van der Waals surface area contributed by atoms with E-state index in [4.69, 9.17) is 28.3 Å². The first kappa shape index (κ1) is 15.3. The molecule has 100 valence electrons. The molecule has 5 heteroatoms. The van der Waals surface area contributed by atoms with Gasteiger partial charge in [-0.3, -0.25) is 4.79 Å². The maximum absolute atomic E-state index is 12.0. The van der Waals surface area contributed by atoms with E-state index in [1.165, 1.54) is 0 Å². The van der Waals surface area contributed by atoms with Gasteiger partial charge in [-0.2, -0.15) is 0 Å². The minimum absolute atomic E-state index is 0.00992. The molecule has 0 fully saturated rings. The Kier molecular flexibility index (Phi) is 6.47. The van der Waals surface area contributed by atoms with Crippen molar-refractivity contribution in [2.45, 2.75) is 19.8 Å². The molecule has 18 heavy (non-hydrogen) atoms. The second-order valence-corrected chi connectivity index (χ2v) is 4.84. The van der Waals surface area contributed by atoms with E-state index < -0.39 is 0 Å². The number of aliphatic hydroxyl groups is 1. The first-order valence-electron chi connectivity index (χ1n) is 5.91. The average Bonchev–Trinajstić information content (AvgIpc) is 2.33. The number of hydrogen-bond acceptors (Lipinski definition) is 2. The van der Waals surface area contributed by atoms with E-state index in [9.17, 15) is 4.79 Å². The van der Waals surface area contributed by atoms with E-state index >= 15 is 0 Å². The molecular weight excluding hydrogens is 273 g/mol. The fraction of sp³-hybridized carbons (Fsp3) is 0.462. The van der Waals surface area contributed by atoms with Crippen LogP contribution in [0, 0.1) is 0 Å². The minimum atomic E-state index is -0.0207. The highest BCUT2D eigenvalue weighted by Crippen LogP contribution is 2.23. The lowest BCUT2D eigenvalue weighted by Gasteiger charge is -2.21. The molecule has 0 unspecified atom stereocenters. The summed E-state index contributed by atoms with van der Waals surface area (Å²) in [4.78, 5) is 13.7. The summed E-state index contributed by atoms with van der Waals surface area (Å²) in [6.45, 7) is 3.00. The highest BCUT2D eigenvalue weighted by atomic mass is 35.5. The Labute approximate surface area is 117 Å². The number of amides is 1. The third kappa shape index (κ3) is 4.48. The van der Waals surface area contributed by atoms with Crippen molar-refractivity contribution in [2.75, 3.05) is 19.7 Å². The molecule has 0 aliphatic heterocycles. The van der Waals surface area contributed by atoms with Gasteiger partial charge in [0.05, 0.1) is 23.1 Å². The van der Waals surface area contributed by atoms with Gasteiger partial charge in [0, 0.05) is 13.1 Å². The number of halogens is 2. The number of nitrogens with zero attached hydrogens (tertiary/aromatic N) is 1. The molecule has 0 aromatic heterocycles. The summed E-state index contributed by atoms with van der Waals surface area (Å²) in [6, 6.07) is 5.17. The largest absolute Gasteiger partial charge is 0.395 e. The molecule has 1 rings (SSSR count). The number of benzene rings is 1. The predicted molar refractivity (Wildman–Crippen MR) is 74.1 cm³/mol. The third-order valence-electron chi connectivity index (χ3n) is 2.56. The summed E-state index contributed by atoms with van der Waals surface area (Å²) < 4.78 is 0. The Morgan fingerprint density at radius 1 is 1.28 bits per heavy atom. The quantitative estimate of drug-likeness (QED) is 0.875. The molecule has 0 saturated carbocycles. The van der Waals surface area contributed by atoms with Crippen molar-refractivity contribution in [1.82, 2.24) is 4.90 Å². The van der Waals surface area contributed by atoms with Gasteiger partial charge in [0.1, 0.15) is 0 Å². The summed E-state index contributed by atoms with van der Waals surface area (Å²) in [5, 5.41) is 9.86. The Balaban J connectivity index is 2.69. The predicted octanol–water partition coefficient (Wildman–Crippen LogP) is 2.77. The van der Waals surface area contributed by atoms with Gasteiger partial charge >= 0.3 is 0 Å². The normalized spacial score (nSPS) is 10.4. The van der Waals surface area contributed by atoms with Crippen LogP contribution < -0.4 is 0 Å². The van der Waals surface area contributed by atoms with E-state index in [-0.39, 0.29) is 18.9 Å². The smallest absolute Gasteiger partial charge is 0.227 e. The van der Waals surface area contributed by atoms with Gasteiger partial charge in [-0.15, -0.1) is 0 Å². The van der Waals surface area contributed by atoms with E-state index in [1.807, 2.05) is 6.92 Å². The maximum Gasteiger partial charge on any atom is 0.227 e. The van der Waals surface area contributed by atoms with Gasteiger partial charge < -0.3 is 10.0 Å². The van der Waals surface area contributed by atoms with Crippen molar-refractivity contribution in [3.8, 4) is 0 Å². The molecule has 0 saturated heterocycles. The zero-order chi connectivity index (χ0) is 13.5. The van der Waals surface area contributed by atoms with Gasteiger partial charge in [0.2, 0.25) is 5.91 Å². The molecule has 0 radical (unpaired) electrons. The zero-order valence-electron chi connectivity index (χ0n) is 10.3. The SMILES string of the molecule is CCCN(CCO)C(=O)Cc1ccc(Cl)c(Cl)c1. The molecule has 0 spiro atoms. The van der Waals surface area contributed by atoms with Gasteiger partial charge in [0.25, 0.3) is 0 Å². The molecule has 1 amide bonds. The Morgan fingerprint density at radius 3 is 2.56 bits per heavy atom. The summed E-state index contributed by atoms with van der Waals surface area (Å²) >= 11 is 11.7. The minimum Gasteiger partial charge on any atom is -0.395 e. The number of hydrogen-bond donors (Lipinski definition) is 1. The van der Waals surface area contributed by atoms with Gasteiger partial charge in [-0.25, -0.2) is 0 Å². The van der Waals surface area contributed by atoms with Gasteiger partial charge in [-0.05, 0) is 24.1 Å². The Morgan fingerprint density at radius 2 is 2.00 bits per heavy atom. The molecule has 0 aliphatic carbocycles. The summed E-state index contributed by atoms with van der Waals surface area (Å²) in [6.07, 6.45) is 1.14. The summed E-state index contributed by atoms with van der Waals surface area (Å²) in [5.41, 5.74) is 0.827. The van der Waals surface area contributed by atoms with E-state index in [1.54, 1.807) is 23.1 Å². The molecule has 0 aliphatic rings. The standard InChI is InChI=1S/C13H17Cl2NO2/c1-2-5-16(6-7-17)13(18)9-10-3-4-11(14)12(15)8-10/h3-4,8,17H,2,5-7,9H2,1H3. The Bertz CT molecular complexity index is 404. The van der Waals surface area contributed by atoms with Crippen molar-refractivity contribution in [3.63, 3.8) is 0 Å². The molecule has 1 N–H and O–H groups in total. The van der Waals surface area contributed by atoms with E-state index in [2.05, 4.69) is 0 Å². The van der Waals surface area contributed by atoms with Crippen LogP contribution in [-0.2, 0) is 11.2 Å². The van der Waals surface area contributed by atoms with Crippen LogP contribution in [0.5, 0.6) is 0 Å². The molecule has 0 atom stereocenters. The lowest BCUT2D eigenvalue weighted by Crippen LogP contribution is -2.35. The Hall–Kier alpha value is -0.770. The molecular formula is C13H17Cl2NO2. The highest BCUT2D eigenvalue weighted by Gasteiger charge is 2.13. The molecule has 1 aromatic carbocycles. The monoisotopic (exact) mass is 289 g/mol. The second kappa shape index (κ2) is 7.62. The first-order valence-corrected chi connectivity index (χ1v) is 6.66. The zero-order valence-corrected chi connectivity index (χ0v) is 11.8. The number of rotatable bonds is 6. The lowest BCUT2D eigenvalue weighted by molar-refractivity contribution is -0.131. The topological polar surface area (TPSA) is 40.5 Å². The molecule has 3 nitrogen and oxygen atoms in total. The van der Waals surface area contributed by atoms with Crippen molar-refractivity contribution < 1.29 is 9.90 Å². The molecule has 0 heterocycles. The maximum atomic E-state index is 12.0. The van der Waals surface area contributed by atoms with Crippen LogP contribution in [0.3, 0.4) is 0 Å².